The van der Waals surface area contributed by atoms with Gasteiger partial charge in [0.15, 0.2) is 6.10 Å². The van der Waals surface area contributed by atoms with E-state index in [-0.39, 0.29) is 5.91 Å². The third-order valence-electron chi connectivity index (χ3n) is 2.95. The van der Waals surface area contributed by atoms with Crippen molar-refractivity contribution >= 4 is 5.91 Å². The average Bonchev–Trinajstić information content (AvgIpc) is 2.46. The summed E-state index contributed by atoms with van der Waals surface area (Å²) in [7, 11) is 1.60. The number of hydrogen-bond acceptors (Lipinski definition) is 4. The number of ether oxygens (including phenoxy) is 2. The van der Waals surface area contributed by atoms with Crippen LogP contribution in [0.15, 0.2) is 24.3 Å². The van der Waals surface area contributed by atoms with Gasteiger partial charge in [0.25, 0.3) is 5.91 Å². The van der Waals surface area contributed by atoms with E-state index in [1.807, 2.05) is 24.3 Å². The summed E-state index contributed by atoms with van der Waals surface area (Å²) < 4.78 is 10.7. The minimum atomic E-state index is -0.540. The molecule has 1 aromatic rings. The summed E-state index contributed by atoms with van der Waals surface area (Å²) in [6.07, 6.45) is -0.540. The molecule has 0 heterocycles. The van der Waals surface area contributed by atoms with E-state index < -0.39 is 6.10 Å². The molecule has 5 nitrogen and oxygen atoms in total. The third kappa shape index (κ3) is 6.60. The summed E-state index contributed by atoms with van der Waals surface area (Å²) in [6, 6.07) is 8.15. The molecule has 1 atom stereocenters. The Morgan fingerprint density at radius 3 is 2.62 bits per heavy atom. The molecule has 0 aliphatic carbocycles. The largest absolute Gasteiger partial charge is 0.481 e. The zero-order chi connectivity index (χ0) is 15.7. The smallest absolute Gasteiger partial charge is 0.260 e. The third-order valence-corrected chi connectivity index (χ3v) is 2.95. The highest BCUT2D eigenvalue weighted by atomic mass is 16.5. The van der Waals surface area contributed by atoms with Gasteiger partial charge in [0, 0.05) is 31.8 Å². The molecule has 0 bridgehead atoms. The molecule has 1 rings (SSSR count). The van der Waals surface area contributed by atoms with Gasteiger partial charge in [0.1, 0.15) is 5.75 Å². The molecule has 1 unspecified atom stereocenters. The first-order valence-corrected chi connectivity index (χ1v) is 7.29. The van der Waals surface area contributed by atoms with Crippen molar-refractivity contribution in [2.24, 2.45) is 0 Å². The number of hydrogen-bond donors (Lipinski definition) is 2. The highest BCUT2D eigenvalue weighted by Gasteiger charge is 2.15. The maximum atomic E-state index is 11.9. The molecule has 0 aliphatic heterocycles. The molecule has 0 radical (unpaired) electrons. The fourth-order valence-corrected chi connectivity index (χ4v) is 1.74. The van der Waals surface area contributed by atoms with E-state index in [0.717, 1.165) is 11.3 Å². The number of para-hydroxylation sites is 1. The van der Waals surface area contributed by atoms with Crippen molar-refractivity contribution in [3.8, 4) is 5.75 Å². The molecule has 1 amide bonds. The van der Waals surface area contributed by atoms with Crippen LogP contribution in [0.3, 0.4) is 0 Å². The monoisotopic (exact) mass is 294 g/mol. The summed E-state index contributed by atoms with van der Waals surface area (Å²) in [5.74, 6) is 0.596. The lowest BCUT2D eigenvalue weighted by Gasteiger charge is -2.18. The zero-order valence-corrected chi connectivity index (χ0v) is 13.3. The van der Waals surface area contributed by atoms with Gasteiger partial charge in [0.05, 0.1) is 6.61 Å². The lowest BCUT2D eigenvalue weighted by atomic mass is 10.2. The normalized spacial score (nSPS) is 12.2. The van der Waals surface area contributed by atoms with E-state index in [0.29, 0.717) is 25.7 Å². The summed E-state index contributed by atoms with van der Waals surface area (Å²) >= 11 is 0. The van der Waals surface area contributed by atoms with Crippen LogP contribution in [0.5, 0.6) is 5.75 Å². The Balaban J connectivity index is 2.58. The maximum Gasteiger partial charge on any atom is 0.260 e. The predicted octanol–water partition coefficient (Wildman–Crippen LogP) is 1.71. The molecule has 21 heavy (non-hydrogen) atoms. The molecule has 0 saturated heterocycles. The Morgan fingerprint density at radius 2 is 1.95 bits per heavy atom. The van der Waals surface area contributed by atoms with Crippen LogP contribution in [0.25, 0.3) is 0 Å². The Labute approximate surface area is 127 Å². The van der Waals surface area contributed by atoms with Crippen LogP contribution in [-0.2, 0) is 16.1 Å². The van der Waals surface area contributed by atoms with Crippen LogP contribution in [0.1, 0.15) is 26.3 Å². The predicted molar refractivity (Wildman–Crippen MR) is 83.4 cm³/mol. The second-order valence-corrected chi connectivity index (χ2v) is 5.19. The van der Waals surface area contributed by atoms with E-state index >= 15 is 0 Å². The number of benzene rings is 1. The van der Waals surface area contributed by atoms with Gasteiger partial charge in [-0.15, -0.1) is 0 Å². The van der Waals surface area contributed by atoms with Crippen LogP contribution >= 0.6 is 0 Å². The molecule has 0 aliphatic rings. The Morgan fingerprint density at radius 1 is 1.24 bits per heavy atom. The summed E-state index contributed by atoms with van der Waals surface area (Å²) in [6.45, 7) is 7.62. The van der Waals surface area contributed by atoms with Crippen molar-refractivity contribution in [1.82, 2.24) is 10.6 Å². The molecular formula is C16H26N2O3. The molecule has 1 aromatic carbocycles. The Kier molecular flexibility index (Phi) is 7.79. The number of carbonyl (C=O) groups excluding carboxylic acids is 1. The van der Waals surface area contributed by atoms with E-state index in [4.69, 9.17) is 9.47 Å². The zero-order valence-electron chi connectivity index (χ0n) is 13.3. The van der Waals surface area contributed by atoms with Crippen LogP contribution in [0.4, 0.5) is 0 Å². The fraction of sp³-hybridized carbons (Fsp3) is 0.562. The van der Waals surface area contributed by atoms with E-state index in [2.05, 4.69) is 24.5 Å². The quantitative estimate of drug-likeness (QED) is 0.681. The molecule has 2 N–H and O–H groups in total. The lowest BCUT2D eigenvalue weighted by Crippen LogP contribution is -2.38. The maximum absolute atomic E-state index is 11.9. The molecule has 0 fully saturated rings. The van der Waals surface area contributed by atoms with Gasteiger partial charge in [-0.2, -0.15) is 0 Å². The summed E-state index contributed by atoms with van der Waals surface area (Å²) in [5, 5.41) is 6.12. The number of amides is 1. The number of carbonyl (C=O) groups is 1. The molecule has 0 saturated carbocycles. The minimum absolute atomic E-state index is 0.140. The standard InChI is InChI=1S/C16H26N2O3/c1-12(2)18-11-14-7-5-6-8-15(14)21-13(3)16(19)17-9-10-20-4/h5-8,12-13,18H,9-11H2,1-4H3,(H,17,19). The molecule has 0 aromatic heterocycles. The second-order valence-electron chi connectivity index (χ2n) is 5.19. The van der Waals surface area contributed by atoms with E-state index in [9.17, 15) is 4.79 Å². The van der Waals surface area contributed by atoms with Gasteiger partial charge in [-0.3, -0.25) is 4.79 Å². The number of nitrogens with one attached hydrogen (secondary N) is 2. The minimum Gasteiger partial charge on any atom is -0.481 e. The van der Waals surface area contributed by atoms with Gasteiger partial charge in [0.2, 0.25) is 0 Å². The highest BCUT2D eigenvalue weighted by molar-refractivity contribution is 5.80. The number of rotatable bonds is 9. The van der Waals surface area contributed by atoms with Gasteiger partial charge in [-0.1, -0.05) is 32.0 Å². The summed E-state index contributed by atoms with van der Waals surface area (Å²) in [5.41, 5.74) is 1.04. The van der Waals surface area contributed by atoms with Gasteiger partial charge in [-0.05, 0) is 13.0 Å². The first-order valence-electron chi connectivity index (χ1n) is 7.29. The topological polar surface area (TPSA) is 59.6 Å². The summed E-state index contributed by atoms with van der Waals surface area (Å²) in [4.78, 5) is 11.9. The molecule has 0 spiro atoms. The van der Waals surface area contributed by atoms with E-state index in [1.54, 1.807) is 14.0 Å². The van der Waals surface area contributed by atoms with Gasteiger partial charge < -0.3 is 20.1 Å². The Bertz CT molecular complexity index is 435. The van der Waals surface area contributed by atoms with Crippen LogP contribution < -0.4 is 15.4 Å². The molecule has 5 heteroatoms. The molecule has 118 valence electrons. The van der Waals surface area contributed by atoms with Gasteiger partial charge >= 0.3 is 0 Å². The number of methoxy groups -OCH3 is 1. The van der Waals surface area contributed by atoms with Crippen molar-refractivity contribution < 1.29 is 14.3 Å². The molecular weight excluding hydrogens is 268 g/mol. The van der Waals surface area contributed by atoms with Crippen molar-refractivity contribution in [3.05, 3.63) is 29.8 Å². The lowest BCUT2D eigenvalue weighted by molar-refractivity contribution is -0.127. The van der Waals surface area contributed by atoms with Crippen molar-refractivity contribution in [1.29, 1.82) is 0 Å². The average molecular weight is 294 g/mol. The van der Waals surface area contributed by atoms with Crippen LogP contribution in [0, 0.1) is 0 Å². The van der Waals surface area contributed by atoms with Crippen LogP contribution in [-0.4, -0.2) is 38.3 Å². The van der Waals surface area contributed by atoms with Gasteiger partial charge in [-0.25, -0.2) is 0 Å². The Hall–Kier alpha value is -1.59. The van der Waals surface area contributed by atoms with Crippen LogP contribution in [0.2, 0.25) is 0 Å². The SMILES string of the molecule is COCCNC(=O)C(C)Oc1ccccc1CNC(C)C. The van der Waals surface area contributed by atoms with Crippen molar-refractivity contribution in [3.63, 3.8) is 0 Å². The van der Waals surface area contributed by atoms with Crippen molar-refractivity contribution in [2.45, 2.75) is 39.5 Å². The first-order chi connectivity index (χ1) is 10.0. The van der Waals surface area contributed by atoms with E-state index in [1.165, 1.54) is 0 Å². The fourth-order valence-electron chi connectivity index (χ4n) is 1.74. The second kappa shape index (κ2) is 9.37. The van der Waals surface area contributed by atoms with Crippen molar-refractivity contribution in [2.75, 3.05) is 20.3 Å². The first kappa shape index (κ1) is 17.5. The highest BCUT2D eigenvalue weighted by Crippen LogP contribution is 2.19.